The first kappa shape index (κ1) is 16.3. The third-order valence-electron chi connectivity index (χ3n) is 3.73. The van der Waals surface area contributed by atoms with E-state index < -0.39 is 0 Å². The van der Waals surface area contributed by atoms with E-state index in [1.807, 2.05) is 12.1 Å². The zero-order chi connectivity index (χ0) is 15.4. The van der Waals surface area contributed by atoms with Gasteiger partial charge in [0.1, 0.15) is 6.04 Å². The van der Waals surface area contributed by atoms with Crippen LogP contribution in [0.2, 0.25) is 0 Å². The quantitative estimate of drug-likeness (QED) is 0.701. The smallest absolute Gasteiger partial charge is 0.246 e. The maximum absolute atomic E-state index is 11.9. The molecule has 1 heterocycles. The minimum Gasteiger partial charge on any atom is -0.395 e. The van der Waals surface area contributed by atoms with Crippen molar-refractivity contribution in [3.05, 3.63) is 22.2 Å². The Bertz CT molecular complexity index is 522. The molecular formula is C15H22BrN3O2. The van der Waals surface area contributed by atoms with E-state index in [0.29, 0.717) is 6.54 Å². The molecule has 0 aliphatic carbocycles. The Morgan fingerprint density at radius 3 is 2.81 bits per heavy atom. The fourth-order valence-corrected chi connectivity index (χ4v) is 3.23. The molecule has 116 valence electrons. The molecule has 6 heteroatoms. The zero-order valence-electron chi connectivity index (χ0n) is 12.4. The summed E-state index contributed by atoms with van der Waals surface area (Å²) in [5.41, 5.74) is 2.81. The molecule has 0 saturated heterocycles. The standard InChI is InChI=1S/C15H22BrN3O2/c1-3-4-5-19(6-7-20)13-9-12-10(8-11(13)16)14(17-2)15(21)18-12/h8-9,14,17,20H,3-7H2,1-2H3,(H,18,21). The van der Waals surface area contributed by atoms with Gasteiger partial charge in [-0.2, -0.15) is 0 Å². The molecule has 21 heavy (non-hydrogen) atoms. The summed E-state index contributed by atoms with van der Waals surface area (Å²) in [6.45, 7) is 3.73. The number of carbonyl (C=O) groups is 1. The highest BCUT2D eigenvalue weighted by Gasteiger charge is 2.30. The van der Waals surface area contributed by atoms with Gasteiger partial charge in [-0.3, -0.25) is 4.79 Å². The molecule has 0 aromatic heterocycles. The van der Waals surface area contributed by atoms with E-state index in [4.69, 9.17) is 0 Å². The summed E-state index contributed by atoms with van der Waals surface area (Å²) < 4.78 is 0.947. The van der Waals surface area contributed by atoms with E-state index in [1.54, 1.807) is 7.05 Å². The highest BCUT2D eigenvalue weighted by atomic mass is 79.9. The molecule has 0 saturated carbocycles. The van der Waals surface area contributed by atoms with Gasteiger partial charge in [0, 0.05) is 28.8 Å². The van der Waals surface area contributed by atoms with E-state index in [-0.39, 0.29) is 18.6 Å². The summed E-state index contributed by atoms with van der Waals surface area (Å²) >= 11 is 3.60. The third-order valence-corrected chi connectivity index (χ3v) is 4.37. The second-order valence-electron chi connectivity index (χ2n) is 5.17. The number of nitrogens with one attached hydrogen (secondary N) is 2. The Hall–Kier alpha value is -1.11. The highest BCUT2D eigenvalue weighted by Crippen LogP contribution is 2.39. The number of unbranched alkanes of at least 4 members (excludes halogenated alkanes) is 1. The van der Waals surface area contributed by atoms with E-state index in [1.165, 1.54) is 0 Å². The molecule has 1 unspecified atom stereocenters. The topological polar surface area (TPSA) is 64.6 Å². The number of carbonyl (C=O) groups excluding carboxylic acids is 1. The summed E-state index contributed by atoms with van der Waals surface area (Å²) in [6, 6.07) is 3.67. The number of nitrogens with zero attached hydrogens (tertiary/aromatic N) is 1. The van der Waals surface area contributed by atoms with Crippen LogP contribution >= 0.6 is 15.9 Å². The number of likely N-dealkylation sites (N-methyl/N-ethyl adjacent to an activating group) is 1. The maximum Gasteiger partial charge on any atom is 0.246 e. The molecule has 5 nitrogen and oxygen atoms in total. The number of hydrogen-bond acceptors (Lipinski definition) is 4. The lowest BCUT2D eigenvalue weighted by Gasteiger charge is -2.26. The van der Waals surface area contributed by atoms with Crippen LogP contribution in [-0.4, -0.2) is 37.8 Å². The number of anilines is 2. The molecule has 0 bridgehead atoms. The molecule has 2 rings (SSSR count). The van der Waals surface area contributed by atoms with Gasteiger partial charge >= 0.3 is 0 Å². The predicted molar refractivity (Wildman–Crippen MR) is 88.8 cm³/mol. The van der Waals surface area contributed by atoms with Gasteiger partial charge in [-0.15, -0.1) is 0 Å². The van der Waals surface area contributed by atoms with Gasteiger partial charge in [0.2, 0.25) is 5.91 Å². The fraction of sp³-hybridized carbons (Fsp3) is 0.533. The molecule has 0 spiro atoms. The normalized spacial score (nSPS) is 16.8. The van der Waals surface area contributed by atoms with Crippen molar-refractivity contribution in [2.75, 3.05) is 37.0 Å². The Morgan fingerprint density at radius 1 is 1.43 bits per heavy atom. The number of benzene rings is 1. The van der Waals surface area contributed by atoms with Crippen LogP contribution in [0.4, 0.5) is 11.4 Å². The summed E-state index contributed by atoms with van der Waals surface area (Å²) in [5.74, 6) is -0.0289. The monoisotopic (exact) mass is 355 g/mol. The number of halogens is 1. The number of fused-ring (bicyclic) bond motifs is 1. The lowest BCUT2D eigenvalue weighted by molar-refractivity contribution is -0.117. The minimum absolute atomic E-state index is 0.0289. The first-order valence-electron chi connectivity index (χ1n) is 7.29. The van der Waals surface area contributed by atoms with Crippen LogP contribution in [0, 0.1) is 0 Å². The van der Waals surface area contributed by atoms with E-state index in [2.05, 4.69) is 38.4 Å². The van der Waals surface area contributed by atoms with Crippen LogP contribution in [0.3, 0.4) is 0 Å². The zero-order valence-corrected chi connectivity index (χ0v) is 14.0. The van der Waals surface area contributed by atoms with Crippen molar-refractivity contribution in [3.63, 3.8) is 0 Å². The van der Waals surface area contributed by atoms with Gasteiger partial charge < -0.3 is 20.6 Å². The first-order valence-corrected chi connectivity index (χ1v) is 8.09. The van der Waals surface area contributed by atoms with Gasteiger partial charge in [-0.05, 0) is 41.5 Å². The summed E-state index contributed by atoms with van der Waals surface area (Å²) in [6.07, 6.45) is 2.16. The average Bonchev–Trinajstić information content (AvgIpc) is 2.77. The van der Waals surface area contributed by atoms with Crippen LogP contribution in [0.15, 0.2) is 16.6 Å². The van der Waals surface area contributed by atoms with Crippen LogP contribution in [0.1, 0.15) is 31.4 Å². The second kappa shape index (κ2) is 7.24. The van der Waals surface area contributed by atoms with Crippen molar-refractivity contribution < 1.29 is 9.90 Å². The SMILES string of the molecule is CCCCN(CCO)c1cc2c(cc1Br)C(NC)C(=O)N2. The molecule has 1 aliphatic rings. The number of aliphatic hydroxyl groups excluding tert-OH is 1. The van der Waals surface area contributed by atoms with Crippen molar-refractivity contribution in [1.82, 2.24) is 5.32 Å². The summed E-state index contributed by atoms with van der Waals surface area (Å²) in [5, 5.41) is 15.2. The number of amides is 1. The number of aliphatic hydroxyl groups is 1. The number of rotatable bonds is 7. The molecule has 1 aromatic carbocycles. The molecule has 3 N–H and O–H groups in total. The lowest BCUT2D eigenvalue weighted by Crippen LogP contribution is -2.28. The van der Waals surface area contributed by atoms with Crippen molar-refractivity contribution in [3.8, 4) is 0 Å². The molecular weight excluding hydrogens is 334 g/mol. The predicted octanol–water partition coefficient (Wildman–Crippen LogP) is 2.26. The van der Waals surface area contributed by atoms with Crippen LogP contribution in [0.5, 0.6) is 0 Å². The Labute approximate surface area is 133 Å². The second-order valence-corrected chi connectivity index (χ2v) is 6.02. The highest BCUT2D eigenvalue weighted by molar-refractivity contribution is 9.10. The van der Waals surface area contributed by atoms with Gasteiger partial charge in [0.05, 0.1) is 12.3 Å². The molecule has 1 aromatic rings. The van der Waals surface area contributed by atoms with Crippen LogP contribution in [-0.2, 0) is 4.79 Å². The molecule has 0 fully saturated rings. The van der Waals surface area contributed by atoms with Crippen LogP contribution < -0.4 is 15.5 Å². The van der Waals surface area contributed by atoms with Crippen molar-refractivity contribution in [2.24, 2.45) is 0 Å². The lowest BCUT2D eigenvalue weighted by atomic mass is 10.1. The summed E-state index contributed by atoms with van der Waals surface area (Å²) in [4.78, 5) is 14.1. The van der Waals surface area contributed by atoms with Crippen molar-refractivity contribution in [1.29, 1.82) is 0 Å². The molecule has 1 aliphatic heterocycles. The summed E-state index contributed by atoms with van der Waals surface area (Å²) in [7, 11) is 1.78. The third kappa shape index (κ3) is 3.39. The van der Waals surface area contributed by atoms with Crippen molar-refractivity contribution in [2.45, 2.75) is 25.8 Å². The Kier molecular flexibility index (Phi) is 5.61. The van der Waals surface area contributed by atoms with Gasteiger partial charge in [0.15, 0.2) is 0 Å². The Balaban J connectivity index is 2.33. The average molecular weight is 356 g/mol. The minimum atomic E-state index is -0.299. The van der Waals surface area contributed by atoms with Gasteiger partial charge in [0.25, 0.3) is 0 Å². The van der Waals surface area contributed by atoms with Crippen molar-refractivity contribution >= 4 is 33.2 Å². The molecule has 1 atom stereocenters. The first-order chi connectivity index (χ1) is 10.1. The molecule has 0 radical (unpaired) electrons. The van der Waals surface area contributed by atoms with Gasteiger partial charge in [-0.1, -0.05) is 13.3 Å². The van der Waals surface area contributed by atoms with Gasteiger partial charge in [-0.25, -0.2) is 0 Å². The fourth-order valence-electron chi connectivity index (χ4n) is 2.62. The van der Waals surface area contributed by atoms with E-state index >= 15 is 0 Å². The largest absolute Gasteiger partial charge is 0.395 e. The van der Waals surface area contributed by atoms with Crippen LogP contribution in [0.25, 0.3) is 0 Å². The Morgan fingerprint density at radius 2 is 2.19 bits per heavy atom. The number of hydrogen-bond donors (Lipinski definition) is 3. The van der Waals surface area contributed by atoms with E-state index in [9.17, 15) is 9.90 Å². The maximum atomic E-state index is 11.9. The molecule has 1 amide bonds. The van der Waals surface area contributed by atoms with E-state index in [0.717, 1.165) is 40.8 Å².